The molecule has 2 aliphatic carbocycles. The van der Waals surface area contributed by atoms with Crippen molar-refractivity contribution < 1.29 is 48.3 Å². The molecular formula is C45H59N3O10. The first-order valence-corrected chi connectivity index (χ1v) is 21.3. The van der Waals surface area contributed by atoms with Crippen molar-refractivity contribution in [2.45, 2.75) is 88.2 Å². The second kappa shape index (κ2) is 18.4. The Morgan fingerprint density at radius 2 is 1.84 bits per heavy atom. The molecule has 8 rings (SSSR count). The average Bonchev–Trinajstić information content (AvgIpc) is 3.96. The van der Waals surface area contributed by atoms with Gasteiger partial charge < -0.3 is 48.4 Å². The third-order valence-electron chi connectivity index (χ3n) is 12.7. The Kier molecular flexibility index (Phi) is 12.9. The van der Waals surface area contributed by atoms with E-state index in [0.29, 0.717) is 48.9 Å². The minimum absolute atomic E-state index is 0.103. The first-order chi connectivity index (χ1) is 28.4. The van der Waals surface area contributed by atoms with Crippen LogP contribution in [-0.4, -0.2) is 116 Å². The summed E-state index contributed by atoms with van der Waals surface area (Å²) in [4.78, 5) is 25.0. The minimum atomic E-state index is -1.36. The van der Waals surface area contributed by atoms with Crippen LogP contribution < -0.4 is 18.9 Å². The summed E-state index contributed by atoms with van der Waals surface area (Å²) in [6.07, 6.45) is 11.4. The van der Waals surface area contributed by atoms with Gasteiger partial charge in [-0.2, -0.15) is 0 Å². The van der Waals surface area contributed by atoms with E-state index in [1.807, 2.05) is 12.1 Å². The van der Waals surface area contributed by atoms with E-state index in [1.54, 1.807) is 36.2 Å². The fourth-order valence-electron chi connectivity index (χ4n) is 9.70. The number of aliphatic hydroxyl groups excluding tert-OH is 2. The molecule has 0 bridgehead atoms. The predicted molar refractivity (Wildman–Crippen MR) is 216 cm³/mol. The van der Waals surface area contributed by atoms with E-state index in [4.69, 9.17) is 38.4 Å². The number of aliphatic hydroxyl groups is 2. The van der Waals surface area contributed by atoms with Crippen LogP contribution in [0.5, 0.6) is 23.0 Å². The molecule has 1 saturated carbocycles. The monoisotopic (exact) mass is 801 g/mol. The third-order valence-corrected chi connectivity index (χ3v) is 12.7. The van der Waals surface area contributed by atoms with Crippen LogP contribution in [0.15, 0.2) is 65.9 Å². The minimum Gasteiger partial charge on any atom is -0.492 e. The number of nitrogens with zero attached hydrogens (tertiary/aromatic N) is 3. The van der Waals surface area contributed by atoms with Crippen LogP contribution in [0.3, 0.4) is 0 Å². The van der Waals surface area contributed by atoms with Crippen LogP contribution in [0.25, 0.3) is 0 Å². The van der Waals surface area contributed by atoms with Crippen molar-refractivity contribution in [3.63, 3.8) is 0 Å². The van der Waals surface area contributed by atoms with Crippen LogP contribution in [0, 0.1) is 17.8 Å². The van der Waals surface area contributed by atoms with Crippen molar-refractivity contribution in [2.24, 2.45) is 22.9 Å². The van der Waals surface area contributed by atoms with Crippen molar-refractivity contribution in [2.75, 3.05) is 66.5 Å². The molecule has 3 fully saturated rings. The van der Waals surface area contributed by atoms with Crippen LogP contribution >= 0.6 is 0 Å². The Bertz CT molecular complexity index is 1830. The zero-order valence-electron chi connectivity index (χ0n) is 33.7. The highest BCUT2D eigenvalue weighted by molar-refractivity contribution is 6.03. The number of hydrogen-bond donors (Lipinski definition) is 2. The molecule has 1 unspecified atom stereocenters. The molecule has 4 heterocycles. The van der Waals surface area contributed by atoms with Gasteiger partial charge in [0.05, 0.1) is 24.8 Å². The highest BCUT2D eigenvalue weighted by Crippen LogP contribution is 2.62. The van der Waals surface area contributed by atoms with E-state index in [0.717, 1.165) is 87.2 Å². The summed E-state index contributed by atoms with van der Waals surface area (Å²) < 4.78 is 37.9. The summed E-state index contributed by atoms with van der Waals surface area (Å²) in [5.41, 5.74) is 3.19. The molecule has 58 heavy (non-hydrogen) atoms. The number of hydrogen-bond acceptors (Lipinski definition) is 12. The number of unbranched alkanes of at least 4 members (excludes halogenated alkanes) is 2. The molecule has 13 heteroatoms. The zero-order valence-corrected chi connectivity index (χ0v) is 33.7. The molecule has 1 amide bonds. The quantitative estimate of drug-likeness (QED) is 0.0744. The number of ether oxygens (including phenoxy) is 6. The molecular weight excluding hydrogens is 743 g/mol. The predicted octanol–water partition coefficient (Wildman–Crippen LogP) is 6.04. The van der Waals surface area contributed by atoms with E-state index in [9.17, 15) is 15.0 Å². The van der Waals surface area contributed by atoms with Gasteiger partial charge in [0.2, 0.25) is 18.9 Å². The number of carbonyl (C=O) groups is 1. The highest BCUT2D eigenvalue weighted by atomic mass is 16.8. The van der Waals surface area contributed by atoms with Crippen LogP contribution in [0.2, 0.25) is 0 Å². The zero-order chi connectivity index (χ0) is 40.1. The number of benzene rings is 2. The maximum Gasteiger partial charge on any atom is 0.254 e. The van der Waals surface area contributed by atoms with Crippen molar-refractivity contribution in [3.8, 4) is 23.0 Å². The summed E-state index contributed by atoms with van der Waals surface area (Å²) in [6.45, 7) is 8.84. The maximum atomic E-state index is 14.7. The summed E-state index contributed by atoms with van der Waals surface area (Å²) in [6, 6.07) is 10.7. The number of amides is 1. The first-order valence-electron chi connectivity index (χ1n) is 21.3. The molecule has 7 atom stereocenters. The van der Waals surface area contributed by atoms with Crippen molar-refractivity contribution >= 4 is 11.6 Å². The lowest BCUT2D eigenvalue weighted by molar-refractivity contribution is -0.252. The van der Waals surface area contributed by atoms with E-state index in [2.05, 4.69) is 23.6 Å². The summed E-state index contributed by atoms with van der Waals surface area (Å²) >= 11 is 0. The van der Waals surface area contributed by atoms with Gasteiger partial charge in [-0.1, -0.05) is 30.1 Å². The fourth-order valence-corrected chi connectivity index (χ4v) is 9.70. The number of likely N-dealkylation sites (N-methyl/N-ethyl adjacent to an activating group) is 1. The topological polar surface area (TPSA) is 141 Å². The van der Waals surface area contributed by atoms with E-state index >= 15 is 0 Å². The SMILES string of the molecule is C=CCO[C@@]12Oc3ccc(OCCN4CC4)cc3[C@H]3[C@H](CCCCO)[C@@H](CCCCO)C=C(C(=NOC4CCCCO4)C[C@@H]1N(C)C(=O)c1ccc4c(c1)OCO4)[C@H]32. The van der Waals surface area contributed by atoms with Gasteiger partial charge in [0, 0.05) is 69.8 Å². The smallest absolute Gasteiger partial charge is 0.254 e. The molecule has 314 valence electrons. The van der Waals surface area contributed by atoms with E-state index in [1.165, 1.54) is 0 Å². The lowest BCUT2D eigenvalue weighted by Gasteiger charge is -2.59. The lowest BCUT2D eigenvalue weighted by atomic mass is 9.55. The summed E-state index contributed by atoms with van der Waals surface area (Å²) in [7, 11) is 1.80. The third kappa shape index (κ3) is 8.47. The molecule has 0 radical (unpaired) electrons. The Morgan fingerprint density at radius 1 is 1.03 bits per heavy atom. The molecule has 13 nitrogen and oxygen atoms in total. The average molecular weight is 802 g/mol. The number of fused-ring (bicyclic) bond motifs is 3. The van der Waals surface area contributed by atoms with Gasteiger partial charge in [-0.25, -0.2) is 0 Å². The second-order valence-electron chi connectivity index (χ2n) is 16.3. The molecule has 0 aromatic heterocycles. The number of rotatable bonds is 19. The Labute approximate surface area is 341 Å². The summed E-state index contributed by atoms with van der Waals surface area (Å²) in [5.74, 6) is 0.673. The standard InChI is InChI=1S/C45H59N3O10/c1-3-22-56-45-40(47(2)44(51)31-13-15-38-39(26-31)55-29-54-38)28-36(46-58-41-12-6-9-23-53-41)34-25-30(10-4-7-20-49)33(11-5-8-21-50)42(43(34)45)35-27-32(14-16-37(35)57-45)52-24-19-48-17-18-48/h3,13-16,25-27,30,33,40-43,49-50H,1,4-12,17-24,28-29H2,2H3/t30-,33+,40-,41?,42+,43+,45+/m0/s1. The largest absolute Gasteiger partial charge is 0.492 e. The number of oxime groups is 1. The van der Waals surface area contributed by atoms with Gasteiger partial charge in [-0.05, 0) is 92.3 Å². The van der Waals surface area contributed by atoms with Crippen molar-refractivity contribution in [1.82, 2.24) is 9.80 Å². The van der Waals surface area contributed by atoms with Gasteiger partial charge >= 0.3 is 0 Å². The molecule has 2 aromatic rings. The first kappa shape index (κ1) is 40.6. The molecule has 2 N–H and O–H groups in total. The molecule has 2 saturated heterocycles. The van der Waals surface area contributed by atoms with E-state index in [-0.39, 0.29) is 56.7 Å². The number of carbonyl (C=O) groups excluding carboxylic acids is 1. The molecule has 6 aliphatic rings. The van der Waals surface area contributed by atoms with Crippen LogP contribution in [-0.2, 0) is 14.3 Å². The molecule has 2 aromatic carbocycles. The van der Waals surface area contributed by atoms with Crippen molar-refractivity contribution in [3.05, 3.63) is 71.8 Å². The highest BCUT2D eigenvalue weighted by Gasteiger charge is 2.65. The van der Waals surface area contributed by atoms with Gasteiger partial charge in [0.15, 0.2) is 11.5 Å². The van der Waals surface area contributed by atoms with Crippen LogP contribution in [0.4, 0.5) is 0 Å². The fraction of sp³-hybridized carbons (Fsp3) is 0.600. The van der Waals surface area contributed by atoms with E-state index < -0.39 is 24.0 Å². The van der Waals surface area contributed by atoms with Gasteiger partial charge in [-0.3, -0.25) is 9.69 Å². The van der Waals surface area contributed by atoms with Gasteiger partial charge in [-0.15, -0.1) is 6.58 Å². The molecule has 4 aliphatic heterocycles. The van der Waals surface area contributed by atoms with Crippen molar-refractivity contribution in [1.29, 1.82) is 0 Å². The molecule has 0 spiro atoms. The van der Waals surface area contributed by atoms with Gasteiger partial charge in [0.1, 0.15) is 24.1 Å². The Hall–Kier alpha value is -4.14. The normalized spacial score (nSPS) is 28.8. The van der Waals surface area contributed by atoms with Crippen LogP contribution in [0.1, 0.15) is 86.0 Å². The Balaban J connectivity index is 1.27. The van der Waals surface area contributed by atoms with Gasteiger partial charge in [0.25, 0.3) is 5.91 Å². The Morgan fingerprint density at radius 3 is 2.62 bits per heavy atom. The second-order valence-corrected chi connectivity index (χ2v) is 16.3. The lowest BCUT2D eigenvalue weighted by Crippen LogP contribution is -2.69. The number of allylic oxidation sites excluding steroid dienone is 1. The summed E-state index contributed by atoms with van der Waals surface area (Å²) in [5, 5.41) is 24.7. The maximum absolute atomic E-state index is 14.7.